The van der Waals surface area contributed by atoms with Crippen molar-refractivity contribution in [1.29, 1.82) is 0 Å². The second-order valence-corrected chi connectivity index (χ2v) is 7.26. The standard InChI is InChI=1S/C21H50N6/c1-9-22(10-2)17-26(18-23(11-3)12-4)21-27(19-24(13-5)14-6)20-25(15-7)16-8/h9-21H2,1-8H3. The van der Waals surface area contributed by atoms with Crippen LogP contribution >= 0.6 is 0 Å². The number of hydrogen-bond acceptors (Lipinski definition) is 6. The summed E-state index contributed by atoms with van der Waals surface area (Å²) in [5.41, 5.74) is 0. The fourth-order valence-electron chi connectivity index (χ4n) is 3.38. The van der Waals surface area contributed by atoms with Gasteiger partial charge in [-0.2, -0.15) is 0 Å². The predicted octanol–water partition coefficient (Wildman–Crippen LogP) is 2.75. The maximum atomic E-state index is 2.62. The average molecular weight is 387 g/mol. The van der Waals surface area contributed by atoms with Crippen molar-refractivity contribution < 1.29 is 0 Å². The van der Waals surface area contributed by atoms with E-state index in [4.69, 9.17) is 0 Å². The summed E-state index contributed by atoms with van der Waals surface area (Å²) in [6, 6.07) is 0. The normalized spacial score (nSPS) is 12.7. The summed E-state index contributed by atoms with van der Waals surface area (Å²) in [5, 5.41) is 0. The molecule has 164 valence electrons. The highest BCUT2D eigenvalue weighted by Crippen LogP contribution is 2.05. The maximum Gasteiger partial charge on any atom is 0.0555 e. The average Bonchev–Trinajstić information content (AvgIpc) is 2.71. The molecule has 0 spiro atoms. The Labute approximate surface area is 171 Å². The smallest absolute Gasteiger partial charge is 0.0555 e. The fraction of sp³-hybridized carbons (Fsp3) is 1.00. The molecule has 6 heteroatoms. The van der Waals surface area contributed by atoms with Crippen LogP contribution in [-0.2, 0) is 0 Å². The van der Waals surface area contributed by atoms with E-state index in [-0.39, 0.29) is 0 Å². The van der Waals surface area contributed by atoms with E-state index in [1.807, 2.05) is 0 Å². The molecule has 0 heterocycles. The van der Waals surface area contributed by atoms with Crippen LogP contribution in [0, 0.1) is 0 Å². The summed E-state index contributed by atoms with van der Waals surface area (Å²) in [5.74, 6) is 0. The van der Waals surface area contributed by atoms with Crippen molar-refractivity contribution in [2.75, 3.05) is 85.7 Å². The van der Waals surface area contributed by atoms with Gasteiger partial charge in [0.2, 0.25) is 0 Å². The summed E-state index contributed by atoms with van der Waals surface area (Å²) >= 11 is 0. The molecule has 0 aliphatic heterocycles. The van der Waals surface area contributed by atoms with Crippen molar-refractivity contribution in [3.8, 4) is 0 Å². The highest BCUT2D eigenvalue weighted by molar-refractivity contribution is 4.65. The van der Waals surface area contributed by atoms with E-state index in [0.29, 0.717) is 0 Å². The monoisotopic (exact) mass is 386 g/mol. The summed E-state index contributed by atoms with van der Waals surface area (Å²) in [7, 11) is 0. The molecule has 0 atom stereocenters. The lowest BCUT2D eigenvalue weighted by molar-refractivity contribution is -0.0113. The largest absolute Gasteiger partial charge is 0.291 e. The Kier molecular flexibility index (Phi) is 16.5. The van der Waals surface area contributed by atoms with E-state index < -0.39 is 0 Å². The zero-order valence-corrected chi connectivity index (χ0v) is 19.9. The fourth-order valence-corrected chi connectivity index (χ4v) is 3.38. The van der Waals surface area contributed by atoms with E-state index in [9.17, 15) is 0 Å². The van der Waals surface area contributed by atoms with Gasteiger partial charge in [0.1, 0.15) is 0 Å². The molecule has 0 amide bonds. The predicted molar refractivity (Wildman–Crippen MR) is 120 cm³/mol. The van der Waals surface area contributed by atoms with Gasteiger partial charge in [0.15, 0.2) is 0 Å². The molecule has 0 saturated carbocycles. The van der Waals surface area contributed by atoms with Crippen LogP contribution < -0.4 is 0 Å². The third kappa shape index (κ3) is 11.4. The van der Waals surface area contributed by atoms with E-state index in [1.54, 1.807) is 0 Å². The molecule has 27 heavy (non-hydrogen) atoms. The van der Waals surface area contributed by atoms with Crippen LogP contribution in [0.3, 0.4) is 0 Å². The van der Waals surface area contributed by atoms with Crippen LogP contribution in [0.5, 0.6) is 0 Å². The Morgan fingerprint density at radius 3 is 0.556 bits per heavy atom. The Bertz CT molecular complexity index is 254. The number of rotatable bonds is 18. The highest BCUT2D eigenvalue weighted by atomic mass is 15.5. The first-order valence-corrected chi connectivity index (χ1v) is 11.3. The van der Waals surface area contributed by atoms with E-state index >= 15 is 0 Å². The summed E-state index contributed by atoms with van der Waals surface area (Å²) in [4.78, 5) is 15.3. The molecule has 0 fully saturated rings. The second kappa shape index (κ2) is 16.7. The van der Waals surface area contributed by atoms with Crippen molar-refractivity contribution >= 4 is 0 Å². The van der Waals surface area contributed by atoms with Crippen LogP contribution in [0.2, 0.25) is 0 Å². The van der Waals surface area contributed by atoms with Crippen LogP contribution in [0.1, 0.15) is 55.4 Å². The van der Waals surface area contributed by atoms with Gasteiger partial charge in [0, 0.05) is 0 Å². The van der Waals surface area contributed by atoms with Crippen molar-refractivity contribution in [3.05, 3.63) is 0 Å². The Balaban J connectivity index is 5.24. The van der Waals surface area contributed by atoms with Gasteiger partial charge in [0.25, 0.3) is 0 Å². The topological polar surface area (TPSA) is 19.4 Å². The Hall–Kier alpha value is -0.240. The van der Waals surface area contributed by atoms with Crippen molar-refractivity contribution in [2.24, 2.45) is 0 Å². The van der Waals surface area contributed by atoms with Gasteiger partial charge in [-0.15, -0.1) is 0 Å². The molecule has 0 aliphatic rings. The van der Waals surface area contributed by atoms with Gasteiger partial charge in [-0.1, -0.05) is 55.4 Å². The maximum absolute atomic E-state index is 2.62. The molecular weight excluding hydrogens is 336 g/mol. The van der Waals surface area contributed by atoms with Crippen molar-refractivity contribution in [2.45, 2.75) is 55.4 Å². The van der Waals surface area contributed by atoms with E-state index in [0.717, 1.165) is 85.7 Å². The molecule has 0 radical (unpaired) electrons. The number of hydrogen-bond donors (Lipinski definition) is 0. The molecule has 0 rings (SSSR count). The lowest BCUT2D eigenvalue weighted by atomic mass is 10.4. The van der Waals surface area contributed by atoms with Crippen LogP contribution in [0.15, 0.2) is 0 Å². The molecule has 0 N–H and O–H groups in total. The quantitative estimate of drug-likeness (QED) is 0.335. The first-order chi connectivity index (χ1) is 13.0. The summed E-state index contributed by atoms with van der Waals surface area (Å²) < 4.78 is 0. The molecule has 0 bridgehead atoms. The van der Waals surface area contributed by atoms with Crippen molar-refractivity contribution in [1.82, 2.24) is 29.4 Å². The Morgan fingerprint density at radius 1 is 0.259 bits per heavy atom. The minimum absolute atomic E-state index is 1.01. The second-order valence-electron chi connectivity index (χ2n) is 7.26. The van der Waals surface area contributed by atoms with Gasteiger partial charge < -0.3 is 0 Å². The minimum Gasteiger partial charge on any atom is -0.291 e. The zero-order valence-electron chi connectivity index (χ0n) is 19.9. The van der Waals surface area contributed by atoms with Gasteiger partial charge >= 0.3 is 0 Å². The van der Waals surface area contributed by atoms with Gasteiger partial charge in [-0.25, -0.2) is 0 Å². The lowest BCUT2D eigenvalue weighted by Crippen LogP contribution is -2.53. The number of nitrogens with zero attached hydrogens (tertiary/aromatic N) is 6. The van der Waals surface area contributed by atoms with E-state index in [2.05, 4.69) is 84.8 Å². The third-order valence-electron chi connectivity index (χ3n) is 5.58. The van der Waals surface area contributed by atoms with Crippen LogP contribution in [0.4, 0.5) is 0 Å². The molecule has 0 aromatic rings. The molecule has 0 aromatic heterocycles. The van der Waals surface area contributed by atoms with Crippen LogP contribution in [-0.4, -0.2) is 115 Å². The third-order valence-corrected chi connectivity index (χ3v) is 5.58. The summed E-state index contributed by atoms with van der Waals surface area (Å²) in [6.45, 7) is 32.2. The first kappa shape index (κ1) is 26.8. The lowest BCUT2D eigenvalue weighted by Gasteiger charge is -2.39. The summed E-state index contributed by atoms with van der Waals surface area (Å²) in [6.07, 6.45) is 0. The Morgan fingerprint density at radius 2 is 0.407 bits per heavy atom. The SMILES string of the molecule is CCN(CC)CN(CN(CC)CC)CN(CN(CC)CC)CN(CC)CC. The first-order valence-electron chi connectivity index (χ1n) is 11.3. The van der Waals surface area contributed by atoms with Gasteiger partial charge in [0.05, 0.1) is 33.3 Å². The molecule has 0 aromatic carbocycles. The minimum atomic E-state index is 1.01. The zero-order chi connectivity index (χ0) is 20.7. The molecule has 0 aliphatic carbocycles. The molecule has 0 saturated heterocycles. The van der Waals surface area contributed by atoms with Gasteiger partial charge in [-0.3, -0.25) is 29.4 Å². The van der Waals surface area contributed by atoms with Crippen molar-refractivity contribution in [3.63, 3.8) is 0 Å². The molecule has 0 unspecified atom stereocenters. The van der Waals surface area contributed by atoms with E-state index in [1.165, 1.54) is 0 Å². The molecular formula is C21H50N6. The highest BCUT2D eigenvalue weighted by Gasteiger charge is 2.19. The van der Waals surface area contributed by atoms with Crippen LogP contribution in [0.25, 0.3) is 0 Å². The van der Waals surface area contributed by atoms with Gasteiger partial charge in [-0.05, 0) is 52.4 Å². The molecule has 6 nitrogen and oxygen atoms in total.